The molecule has 2 amide bonds. The fourth-order valence-corrected chi connectivity index (χ4v) is 12.0. The molecular formula is C65H82F4N4O18. The average molecular weight is 1280 g/mol. The van der Waals surface area contributed by atoms with Gasteiger partial charge < -0.3 is 78.7 Å². The van der Waals surface area contributed by atoms with Crippen LogP contribution in [-0.4, -0.2) is 199 Å². The van der Waals surface area contributed by atoms with Crippen molar-refractivity contribution >= 4 is 36.1 Å². The van der Waals surface area contributed by atoms with Crippen LogP contribution in [0.4, 0.5) is 27.2 Å². The van der Waals surface area contributed by atoms with Gasteiger partial charge in [-0.2, -0.15) is 0 Å². The Bertz CT molecular complexity index is 3090. The van der Waals surface area contributed by atoms with Crippen molar-refractivity contribution in [1.29, 1.82) is 0 Å². The zero-order valence-electron chi connectivity index (χ0n) is 52.2. The molecule has 26 heteroatoms. The molecule has 0 aliphatic carbocycles. The number of piperidine rings is 5. The molecule has 10 rings (SSSR count). The monoisotopic (exact) mass is 1280 g/mol. The van der Waals surface area contributed by atoms with Crippen LogP contribution in [0.1, 0.15) is 154 Å². The van der Waals surface area contributed by atoms with E-state index in [-0.39, 0.29) is 96.5 Å². The molecule has 6 saturated heterocycles. The Labute approximate surface area is 525 Å². The van der Waals surface area contributed by atoms with Gasteiger partial charge in [0.15, 0.2) is 0 Å². The van der Waals surface area contributed by atoms with Gasteiger partial charge in [-0.05, 0) is 156 Å². The number of carbonyl (C=O) groups excluding carboxylic acids is 2. The summed E-state index contributed by atoms with van der Waals surface area (Å²) in [7, 11) is 4.28. The summed E-state index contributed by atoms with van der Waals surface area (Å²) < 4.78 is 86.7. The van der Waals surface area contributed by atoms with Crippen LogP contribution in [0.25, 0.3) is 0 Å². The molecule has 6 heterocycles. The minimum Gasteiger partial charge on any atom is -0.489 e. The minimum atomic E-state index is -1.25. The number of fused-ring (bicyclic) bond motifs is 4. The molecule has 4 aromatic carbocycles. The summed E-state index contributed by atoms with van der Waals surface area (Å²) in [5, 5.41) is 57.1. The Morgan fingerprint density at radius 2 is 0.703 bits per heavy atom. The number of amides is 2. The van der Waals surface area contributed by atoms with E-state index in [1.165, 1.54) is 40.5 Å². The zero-order chi connectivity index (χ0) is 66.8. The van der Waals surface area contributed by atoms with Gasteiger partial charge in [0.25, 0.3) is 0 Å². The number of β-amino-alcohol motifs (C(OH)–C–C–N with tert-alkyl or cyclic N) is 2. The maximum absolute atomic E-state index is 13.4. The number of benzene rings is 4. The van der Waals surface area contributed by atoms with Gasteiger partial charge in [-0.1, -0.05) is 6.42 Å². The lowest BCUT2D eigenvalue weighted by atomic mass is 9.83. The maximum atomic E-state index is 13.4. The number of nitrogens with zero attached hydrogens (tertiary/aromatic N) is 4. The molecule has 4 bridgehead atoms. The largest absolute Gasteiger partial charge is 0.489 e. The SMILES string of the molecule is CC(C)(C)OC(=O)N1CC[C@@H](Oc2cc(F)ccc2C(=O)O)[C@H](O)C1.CC(C)(C)OC(=O)N1CC[C@H](Oc2cc(F)ccc2C(=O)O)[C@@H](O)C1.CN1[C@@H]2CCC[C@H]1C[C@@H](Oc1cc(F)ccc1C(=O)O)C2.CN1[C@@H]2CC[C@H]1C[C@@H](Oc1cc(F)ccc1C(=O)O)C2. The van der Waals surface area contributed by atoms with Crippen LogP contribution in [-0.2, 0) is 9.47 Å². The summed E-state index contributed by atoms with van der Waals surface area (Å²) in [4.78, 5) is 76.3. The number of aromatic carboxylic acids is 4. The van der Waals surface area contributed by atoms with Crippen LogP contribution in [0.3, 0.4) is 0 Å². The molecule has 498 valence electrons. The van der Waals surface area contributed by atoms with E-state index in [9.17, 15) is 61.6 Å². The maximum Gasteiger partial charge on any atom is 0.410 e. The summed E-state index contributed by atoms with van der Waals surface area (Å²) in [6, 6.07) is 15.4. The highest BCUT2D eigenvalue weighted by Crippen LogP contribution is 2.38. The molecular weight excluding hydrogens is 1200 g/mol. The number of rotatable bonds is 12. The van der Waals surface area contributed by atoms with Crippen LogP contribution in [0.15, 0.2) is 72.8 Å². The van der Waals surface area contributed by atoms with Crippen LogP contribution < -0.4 is 18.9 Å². The first kappa shape index (κ1) is 70.5. The molecule has 0 aromatic heterocycles. The zero-order valence-corrected chi connectivity index (χ0v) is 52.2. The van der Waals surface area contributed by atoms with Crippen molar-refractivity contribution in [2.45, 2.75) is 184 Å². The molecule has 10 atom stereocenters. The van der Waals surface area contributed by atoms with E-state index in [1.54, 1.807) is 41.5 Å². The van der Waals surface area contributed by atoms with Gasteiger partial charge in [0.2, 0.25) is 0 Å². The number of hydrogen-bond donors (Lipinski definition) is 6. The second-order valence-electron chi connectivity index (χ2n) is 25.5. The van der Waals surface area contributed by atoms with Crippen molar-refractivity contribution in [1.82, 2.24) is 19.6 Å². The van der Waals surface area contributed by atoms with Crippen molar-refractivity contribution in [3.8, 4) is 23.0 Å². The van der Waals surface area contributed by atoms with Crippen LogP contribution >= 0.6 is 0 Å². The predicted molar refractivity (Wildman–Crippen MR) is 320 cm³/mol. The van der Waals surface area contributed by atoms with Gasteiger partial charge in [-0.25, -0.2) is 46.3 Å². The van der Waals surface area contributed by atoms with E-state index in [2.05, 4.69) is 23.9 Å². The van der Waals surface area contributed by atoms with E-state index in [0.29, 0.717) is 24.2 Å². The van der Waals surface area contributed by atoms with E-state index in [4.69, 9.17) is 43.7 Å². The highest BCUT2D eigenvalue weighted by atomic mass is 19.1. The summed E-state index contributed by atoms with van der Waals surface area (Å²) in [6.07, 6.45) is 5.17. The smallest absolute Gasteiger partial charge is 0.410 e. The molecule has 0 saturated carbocycles. The third-order valence-electron chi connectivity index (χ3n) is 16.5. The lowest BCUT2D eigenvalue weighted by Gasteiger charge is -2.46. The molecule has 6 aliphatic rings. The van der Waals surface area contributed by atoms with Crippen molar-refractivity contribution < 1.29 is 105 Å². The van der Waals surface area contributed by atoms with E-state index < -0.39 is 95.0 Å². The third-order valence-corrected chi connectivity index (χ3v) is 16.5. The van der Waals surface area contributed by atoms with Crippen LogP contribution in [0, 0.1) is 23.3 Å². The molecule has 22 nitrogen and oxygen atoms in total. The quantitative estimate of drug-likeness (QED) is 0.0719. The Hall–Kier alpha value is -7.94. The van der Waals surface area contributed by atoms with E-state index in [1.807, 2.05) is 0 Å². The van der Waals surface area contributed by atoms with Crippen molar-refractivity contribution in [2.24, 2.45) is 0 Å². The number of aliphatic hydroxyl groups is 2. The molecule has 91 heavy (non-hydrogen) atoms. The first-order valence-electron chi connectivity index (χ1n) is 30.3. The normalized spacial score (nSPS) is 24.7. The van der Waals surface area contributed by atoms with Gasteiger partial charge in [-0.3, -0.25) is 0 Å². The van der Waals surface area contributed by atoms with E-state index >= 15 is 0 Å². The first-order chi connectivity index (χ1) is 42.7. The van der Waals surface area contributed by atoms with Crippen LogP contribution in [0.2, 0.25) is 0 Å². The van der Waals surface area contributed by atoms with E-state index in [0.717, 1.165) is 99.9 Å². The highest BCUT2D eigenvalue weighted by Gasteiger charge is 2.41. The van der Waals surface area contributed by atoms with Crippen molar-refractivity contribution in [3.63, 3.8) is 0 Å². The summed E-state index contributed by atoms with van der Waals surface area (Å²) in [6.45, 7) is 11.0. The standard InChI is InChI=1S/2C17H22FNO6.C16H20FNO3.C15H18FNO3/c2*1-17(2,3)25-16(23)19-7-6-13(12(20)9-19)24-14-8-10(18)4-5-11(14)15(21)22;1-18-11-3-2-4-12(18)9-13(8-11)21-15-7-10(17)5-6-14(15)16(19)20;1-17-10-3-4-11(17)8-12(7-10)20-14-6-9(16)2-5-13(14)15(18)19/h2*4-5,8,12-13,20H,6-7,9H2,1-3H3,(H,21,22);5-7,11-13H,2-4,8-9H2,1H3,(H,19,20);2,5-6,10-12H,3-4,7-8H2,1H3,(H,18,19)/t2*12-,13-;11-,12+,13+;10-,11+,12+/m10../s1. The molecule has 0 unspecified atom stereocenters. The second kappa shape index (κ2) is 30.5. The van der Waals surface area contributed by atoms with Crippen molar-refractivity contribution in [2.75, 3.05) is 40.3 Å². The van der Waals surface area contributed by atoms with Crippen molar-refractivity contribution in [3.05, 3.63) is 118 Å². The number of halogens is 4. The average Bonchev–Trinajstić information content (AvgIpc) is 2.21. The molecule has 4 aromatic rings. The van der Waals surface area contributed by atoms with Gasteiger partial charge in [0.05, 0.1) is 13.1 Å². The Balaban J connectivity index is 0.000000173. The number of ether oxygens (including phenoxy) is 6. The molecule has 6 N–H and O–H groups in total. The fourth-order valence-electron chi connectivity index (χ4n) is 12.0. The fraction of sp³-hybridized carbons (Fsp3) is 0.538. The Morgan fingerprint density at radius 3 is 0.967 bits per heavy atom. The lowest BCUT2D eigenvalue weighted by molar-refractivity contribution is -0.0380. The molecule has 6 fully saturated rings. The molecule has 0 radical (unpaired) electrons. The molecule has 6 aliphatic heterocycles. The summed E-state index contributed by atoms with van der Waals surface area (Å²) >= 11 is 0. The van der Waals surface area contributed by atoms with Gasteiger partial charge in [-0.15, -0.1) is 0 Å². The van der Waals surface area contributed by atoms with Gasteiger partial charge in [0.1, 0.15) is 116 Å². The van der Waals surface area contributed by atoms with Crippen LogP contribution in [0.5, 0.6) is 23.0 Å². The van der Waals surface area contributed by atoms with Gasteiger partial charge >= 0.3 is 36.1 Å². The lowest BCUT2D eigenvalue weighted by Crippen LogP contribution is -2.52. The highest BCUT2D eigenvalue weighted by molar-refractivity contribution is 5.92. The van der Waals surface area contributed by atoms with Gasteiger partial charge in [0, 0.05) is 74.4 Å². The Morgan fingerprint density at radius 1 is 0.429 bits per heavy atom. The number of carboxylic acids is 4. The minimum absolute atomic E-state index is 0.0166. The topological polar surface area (TPSA) is 292 Å². The second-order valence-corrected chi connectivity index (χ2v) is 25.5. The Kier molecular flexibility index (Phi) is 23.6. The summed E-state index contributed by atoms with van der Waals surface area (Å²) in [5.74, 6) is -6.91. The molecule has 0 spiro atoms. The number of carbonyl (C=O) groups is 6. The predicted octanol–water partition coefficient (Wildman–Crippen LogP) is 9.99. The summed E-state index contributed by atoms with van der Waals surface area (Å²) in [5.41, 5.74) is -1.62. The number of hydrogen-bond acceptors (Lipinski definition) is 16. The number of carboxylic acid groups (broad SMARTS) is 4. The third kappa shape index (κ3) is 19.8. The number of likely N-dealkylation sites (tertiary alicyclic amines) is 2. The first-order valence-corrected chi connectivity index (χ1v) is 30.3. The number of aliphatic hydroxyl groups excluding tert-OH is 2.